The first-order valence-electron chi connectivity index (χ1n) is 6.53. The van der Waals surface area contributed by atoms with Crippen molar-refractivity contribution in [1.82, 2.24) is 10.3 Å². The normalized spacial score (nSPS) is 10.3. The van der Waals surface area contributed by atoms with Crippen LogP contribution in [-0.4, -0.2) is 17.5 Å². The predicted octanol–water partition coefficient (Wildman–Crippen LogP) is 3.09. The number of amides is 1. The summed E-state index contributed by atoms with van der Waals surface area (Å²) in [4.78, 5) is 18.2. The standard InChI is InChI=1S/C15H18N2O2S/c1-4-19-15-12(6-5-7-16-15)9-17-14(18)13-8-10(2)11(3)20-13/h5-8H,4,9H2,1-3H3,(H,17,18). The van der Waals surface area contributed by atoms with Gasteiger partial charge in [0, 0.05) is 23.2 Å². The Balaban J connectivity index is 2.03. The summed E-state index contributed by atoms with van der Waals surface area (Å²) in [6.45, 7) is 6.91. The number of hydrogen-bond donors (Lipinski definition) is 1. The first-order valence-corrected chi connectivity index (χ1v) is 7.35. The Kier molecular flexibility index (Phi) is 4.74. The molecular formula is C15H18N2O2S. The molecule has 0 aliphatic heterocycles. The molecule has 5 heteroatoms. The fourth-order valence-corrected chi connectivity index (χ4v) is 2.72. The van der Waals surface area contributed by atoms with Gasteiger partial charge in [-0.3, -0.25) is 4.79 Å². The van der Waals surface area contributed by atoms with Gasteiger partial charge in [-0.25, -0.2) is 4.98 Å². The molecule has 0 bridgehead atoms. The van der Waals surface area contributed by atoms with Crippen LogP contribution in [0.2, 0.25) is 0 Å². The van der Waals surface area contributed by atoms with Gasteiger partial charge in [0.25, 0.3) is 5.91 Å². The van der Waals surface area contributed by atoms with Crippen LogP contribution >= 0.6 is 11.3 Å². The molecule has 2 heterocycles. The maximum absolute atomic E-state index is 12.1. The van der Waals surface area contributed by atoms with Crippen molar-refractivity contribution in [3.05, 3.63) is 45.3 Å². The highest BCUT2D eigenvalue weighted by Gasteiger charge is 2.11. The second kappa shape index (κ2) is 6.52. The van der Waals surface area contributed by atoms with Crippen LogP contribution in [0.1, 0.15) is 32.6 Å². The fraction of sp³-hybridized carbons (Fsp3) is 0.333. The van der Waals surface area contributed by atoms with Crippen LogP contribution < -0.4 is 10.1 Å². The molecule has 0 aromatic carbocycles. The van der Waals surface area contributed by atoms with Crippen LogP contribution in [0.5, 0.6) is 5.88 Å². The molecule has 106 valence electrons. The number of rotatable bonds is 5. The molecule has 0 saturated heterocycles. The number of carbonyl (C=O) groups is 1. The molecule has 4 nitrogen and oxygen atoms in total. The van der Waals surface area contributed by atoms with E-state index in [1.54, 1.807) is 6.20 Å². The predicted molar refractivity (Wildman–Crippen MR) is 80.4 cm³/mol. The zero-order valence-corrected chi connectivity index (χ0v) is 12.7. The molecule has 1 N–H and O–H groups in total. The van der Waals surface area contributed by atoms with E-state index in [2.05, 4.69) is 10.3 Å². The zero-order chi connectivity index (χ0) is 14.5. The van der Waals surface area contributed by atoms with Gasteiger partial charge in [0.15, 0.2) is 0 Å². The summed E-state index contributed by atoms with van der Waals surface area (Å²) >= 11 is 1.51. The van der Waals surface area contributed by atoms with Crippen molar-refractivity contribution in [1.29, 1.82) is 0 Å². The van der Waals surface area contributed by atoms with Gasteiger partial charge in [-0.05, 0) is 38.5 Å². The summed E-state index contributed by atoms with van der Waals surface area (Å²) in [7, 11) is 0. The highest BCUT2D eigenvalue weighted by atomic mass is 32.1. The quantitative estimate of drug-likeness (QED) is 0.920. The molecule has 0 spiro atoms. The number of carbonyl (C=O) groups excluding carboxylic acids is 1. The molecule has 0 atom stereocenters. The molecule has 2 aromatic rings. The third-order valence-electron chi connectivity index (χ3n) is 2.96. The van der Waals surface area contributed by atoms with Gasteiger partial charge in [0.05, 0.1) is 11.5 Å². The zero-order valence-electron chi connectivity index (χ0n) is 11.9. The van der Waals surface area contributed by atoms with E-state index in [0.29, 0.717) is 19.0 Å². The van der Waals surface area contributed by atoms with Crippen LogP contribution in [0.15, 0.2) is 24.4 Å². The SMILES string of the molecule is CCOc1ncccc1CNC(=O)c1cc(C)c(C)s1. The minimum Gasteiger partial charge on any atom is -0.478 e. The smallest absolute Gasteiger partial charge is 0.261 e. The minimum atomic E-state index is -0.0579. The van der Waals surface area contributed by atoms with Crippen LogP contribution in [0, 0.1) is 13.8 Å². The van der Waals surface area contributed by atoms with Crippen molar-refractivity contribution in [3.8, 4) is 5.88 Å². The van der Waals surface area contributed by atoms with E-state index >= 15 is 0 Å². The number of hydrogen-bond acceptors (Lipinski definition) is 4. The van der Waals surface area contributed by atoms with Gasteiger partial charge >= 0.3 is 0 Å². The number of nitrogens with one attached hydrogen (secondary N) is 1. The van der Waals surface area contributed by atoms with Crippen molar-refractivity contribution in [2.45, 2.75) is 27.3 Å². The number of ether oxygens (including phenoxy) is 1. The molecule has 2 aromatic heterocycles. The van der Waals surface area contributed by atoms with Crippen molar-refractivity contribution in [2.24, 2.45) is 0 Å². The Bertz CT molecular complexity index is 588. The van der Waals surface area contributed by atoms with Crippen LogP contribution in [0.4, 0.5) is 0 Å². The Labute approximate surface area is 122 Å². The Morgan fingerprint density at radius 1 is 1.45 bits per heavy atom. The van der Waals surface area contributed by atoms with Crippen molar-refractivity contribution in [2.75, 3.05) is 6.61 Å². The molecule has 1 amide bonds. The first kappa shape index (κ1) is 14.5. The third kappa shape index (κ3) is 3.36. The van der Waals surface area contributed by atoms with Gasteiger partial charge in [0.2, 0.25) is 5.88 Å². The van der Waals surface area contributed by atoms with E-state index < -0.39 is 0 Å². The monoisotopic (exact) mass is 290 g/mol. The van der Waals surface area contributed by atoms with Crippen LogP contribution in [0.3, 0.4) is 0 Å². The molecule has 0 saturated carbocycles. The van der Waals surface area contributed by atoms with Crippen molar-refractivity contribution < 1.29 is 9.53 Å². The highest BCUT2D eigenvalue weighted by molar-refractivity contribution is 7.14. The molecule has 0 aliphatic carbocycles. The topological polar surface area (TPSA) is 51.2 Å². The lowest BCUT2D eigenvalue weighted by molar-refractivity contribution is 0.0954. The van der Waals surface area contributed by atoms with E-state index in [4.69, 9.17) is 4.74 Å². The number of thiophene rings is 1. The average molecular weight is 290 g/mol. The number of pyridine rings is 1. The van der Waals surface area contributed by atoms with E-state index in [9.17, 15) is 4.79 Å². The molecule has 0 radical (unpaired) electrons. The van der Waals surface area contributed by atoms with Crippen molar-refractivity contribution >= 4 is 17.2 Å². The highest BCUT2D eigenvalue weighted by Crippen LogP contribution is 2.21. The summed E-state index contributed by atoms with van der Waals surface area (Å²) in [5.74, 6) is 0.520. The average Bonchev–Trinajstić information content (AvgIpc) is 2.78. The van der Waals surface area contributed by atoms with Gasteiger partial charge in [-0.2, -0.15) is 0 Å². The van der Waals surface area contributed by atoms with Crippen LogP contribution in [-0.2, 0) is 6.54 Å². The Morgan fingerprint density at radius 2 is 2.25 bits per heavy atom. The van der Waals surface area contributed by atoms with Crippen molar-refractivity contribution in [3.63, 3.8) is 0 Å². The summed E-state index contributed by atoms with van der Waals surface area (Å²) in [6.07, 6.45) is 1.68. The summed E-state index contributed by atoms with van der Waals surface area (Å²) in [5.41, 5.74) is 2.03. The maximum Gasteiger partial charge on any atom is 0.261 e. The number of aromatic nitrogens is 1. The Hall–Kier alpha value is -1.88. The lowest BCUT2D eigenvalue weighted by atomic mass is 10.2. The van der Waals surface area contributed by atoms with E-state index in [0.717, 1.165) is 16.0 Å². The molecule has 0 aliphatic rings. The molecule has 0 fully saturated rings. The Morgan fingerprint density at radius 3 is 2.90 bits per heavy atom. The van der Waals surface area contributed by atoms with E-state index in [-0.39, 0.29) is 5.91 Å². The summed E-state index contributed by atoms with van der Waals surface area (Å²) in [6, 6.07) is 5.66. The molecular weight excluding hydrogens is 272 g/mol. The number of aryl methyl sites for hydroxylation is 2. The summed E-state index contributed by atoms with van der Waals surface area (Å²) in [5, 5.41) is 2.91. The molecule has 20 heavy (non-hydrogen) atoms. The van der Waals surface area contributed by atoms with Gasteiger partial charge in [-0.15, -0.1) is 11.3 Å². The summed E-state index contributed by atoms with van der Waals surface area (Å²) < 4.78 is 5.44. The molecule has 0 unspecified atom stereocenters. The van der Waals surface area contributed by atoms with E-state index in [1.807, 2.05) is 39.0 Å². The van der Waals surface area contributed by atoms with Crippen LogP contribution in [0.25, 0.3) is 0 Å². The lowest BCUT2D eigenvalue weighted by Crippen LogP contribution is -2.22. The fourth-order valence-electron chi connectivity index (χ4n) is 1.77. The van der Waals surface area contributed by atoms with E-state index in [1.165, 1.54) is 16.2 Å². The second-order valence-electron chi connectivity index (χ2n) is 4.43. The second-order valence-corrected chi connectivity index (χ2v) is 5.69. The first-order chi connectivity index (χ1) is 9.61. The van der Waals surface area contributed by atoms with Gasteiger partial charge < -0.3 is 10.1 Å². The maximum atomic E-state index is 12.1. The largest absolute Gasteiger partial charge is 0.478 e. The van der Waals surface area contributed by atoms with Gasteiger partial charge in [0.1, 0.15) is 0 Å². The minimum absolute atomic E-state index is 0.0579. The lowest BCUT2D eigenvalue weighted by Gasteiger charge is -2.09. The molecule has 2 rings (SSSR count). The third-order valence-corrected chi connectivity index (χ3v) is 4.11. The number of nitrogens with zero attached hydrogens (tertiary/aromatic N) is 1. The van der Waals surface area contributed by atoms with Gasteiger partial charge in [-0.1, -0.05) is 6.07 Å².